The Morgan fingerprint density at radius 1 is 1.08 bits per heavy atom. The van der Waals surface area contributed by atoms with Crippen LogP contribution in [0.5, 0.6) is 0 Å². The third-order valence-corrected chi connectivity index (χ3v) is 4.58. The third-order valence-electron chi connectivity index (χ3n) is 4.58. The van der Waals surface area contributed by atoms with Crippen molar-refractivity contribution in [2.75, 3.05) is 0 Å². The summed E-state index contributed by atoms with van der Waals surface area (Å²) in [4.78, 5) is 28.2. The zero-order valence-electron chi connectivity index (χ0n) is 13.3. The Morgan fingerprint density at radius 3 is 2.29 bits per heavy atom. The number of carboxylic acid groups (broad SMARTS) is 1. The standard InChI is InChI=1S/C18H20N2O4/c21-16(20-18(17(22)23)9-3-1-2-4-10-18)14-7-5-13(6-8-14)15-11-19-12-24-15/h5-8,11-12H,1-4,9-10H2,(H,20,21)(H,22,23). The number of aliphatic carboxylic acids is 1. The molecule has 1 amide bonds. The van der Waals surface area contributed by atoms with Crippen molar-refractivity contribution < 1.29 is 19.1 Å². The molecule has 1 aliphatic rings. The monoisotopic (exact) mass is 328 g/mol. The molecule has 0 spiro atoms. The number of nitrogens with one attached hydrogen (secondary N) is 1. The van der Waals surface area contributed by atoms with E-state index in [2.05, 4.69) is 10.3 Å². The lowest BCUT2D eigenvalue weighted by molar-refractivity contribution is -0.145. The normalized spacial score (nSPS) is 17.0. The van der Waals surface area contributed by atoms with Crippen molar-refractivity contribution >= 4 is 11.9 Å². The average molecular weight is 328 g/mol. The summed E-state index contributed by atoms with van der Waals surface area (Å²) in [5.41, 5.74) is 0.0894. The number of hydrogen-bond acceptors (Lipinski definition) is 4. The maximum atomic E-state index is 12.5. The van der Waals surface area contributed by atoms with Gasteiger partial charge in [0.15, 0.2) is 12.2 Å². The molecule has 1 aliphatic carbocycles. The first kappa shape index (κ1) is 16.2. The smallest absolute Gasteiger partial charge is 0.329 e. The maximum Gasteiger partial charge on any atom is 0.329 e. The second-order valence-electron chi connectivity index (χ2n) is 6.20. The summed E-state index contributed by atoms with van der Waals surface area (Å²) in [6.45, 7) is 0. The number of amides is 1. The summed E-state index contributed by atoms with van der Waals surface area (Å²) in [6.07, 6.45) is 7.55. The molecule has 126 valence electrons. The maximum absolute atomic E-state index is 12.5. The van der Waals surface area contributed by atoms with Crippen LogP contribution < -0.4 is 5.32 Å². The van der Waals surface area contributed by atoms with Gasteiger partial charge in [-0.1, -0.05) is 37.8 Å². The van der Waals surface area contributed by atoms with Crippen LogP contribution in [-0.4, -0.2) is 27.5 Å². The van der Waals surface area contributed by atoms with Gasteiger partial charge in [0.1, 0.15) is 5.54 Å². The quantitative estimate of drug-likeness (QED) is 0.841. The summed E-state index contributed by atoms with van der Waals surface area (Å²) in [6, 6.07) is 6.85. The number of benzene rings is 1. The predicted octanol–water partition coefficient (Wildman–Crippen LogP) is 3.25. The average Bonchev–Trinajstić information content (AvgIpc) is 3.02. The molecule has 2 N–H and O–H groups in total. The molecule has 6 heteroatoms. The van der Waals surface area contributed by atoms with Crippen LogP contribution in [0.15, 0.2) is 41.3 Å². The fourth-order valence-corrected chi connectivity index (χ4v) is 3.16. The van der Waals surface area contributed by atoms with Crippen LogP contribution in [-0.2, 0) is 4.79 Å². The van der Waals surface area contributed by atoms with Crippen LogP contribution in [0.2, 0.25) is 0 Å². The molecule has 0 radical (unpaired) electrons. The van der Waals surface area contributed by atoms with Gasteiger partial charge in [0.2, 0.25) is 0 Å². The van der Waals surface area contributed by atoms with Crippen molar-refractivity contribution in [2.45, 2.75) is 44.1 Å². The number of rotatable bonds is 4. The Kier molecular flexibility index (Phi) is 4.64. The molecular weight excluding hydrogens is 308 g/mol. The van der Waals surface area contributed by atoms with Crippen molar-refractivity contribution in [1.29, 1.82) is 0 Å². The van der Waals surface area contributed by atoms with E-state index in [1.807, 2.05) is 0 Å². The highest BCUT2D eigenvalue weighted by Crippen LogP contribution is 2.28. The van der Waals surface area contributed by atoms with Crippen molar-refractivity contribution in [3.05, 3.63) is 42.4 Å². The molecule has 1 aromatic heterocycles. The zero-order chi connectivity index (χ0) is 17.0. The first-order valence-electron chi connectivity index (χ1n) is 8.16. The van der Waals surface area contributed by atoms with Gasteiger partial charge in [-0.25, -0.2) is 9.78 Å². The van der Waals surface area contributed by atoms with Crippen LogP contribution in [0.1, 0.15) is 48.9 Å². The first-order chi connectivity index (χ1) is 11.6. The second-order valence-corrected chi connectivity index (χ2v) is 6.20. The number of carbonyl (C=O) groups excluding carboxylic acids is 1. The summed E-state index contributed by atoms with van der Waals surface area (Å²) >= 11 is 0. The number of hydrogen-bond donors (Lipinski definition) is 2. The molecular formula is C18H20N2O4. The minimum Gasteiger partial charge on any atom is -0.480 e. The highest BCUT2D eigenvalue weighted by Gasteiger charge is 2.40. The van der Waals surface area contributed by atoms with Gasteiger partial charge in [-0.2, -0.15) is 0 Å². The van der Waals surface area contributed by atoms with Crippen LogP contribution in [0.4, 0.5) is 0 Å². The Bertz CT molecular complexity index is 699. The highest BCUT2D eigenvalue weighted by atomic mass is 16.4. The van der Waals surface area contributed by atoms with E-state index in [0.29, 0.717) is 24.2 Å². The molecule has 0 saturated heterocycles. The lowest BCUT2D eigenvalue weighted by Gasteiger charge is -2.29. The SMILES string of the molecule is O=C(NC1(C(=O)O)CCCCCC1)c1ccc(-c2cnco2)cc1. The van der Waals surface area contributed by atoms with E-state index in [0.717, 1.165) is 31.2 Å². The molecule has 24 heavy (non-hydrogen) atoms. The minimum atomic E-state index is -1.16. The molecule has 1 saturated carbocycles. The molecule has 0 bridgehead atoms. The van der Waals surface area contributed by atoms with Crippen molar-refractivity contribution in [3.8, 4) is 11.3 Å². The van der Waals surface area contributed by atoms with E-state index in [9.17, 15) is 14.7 Å². The molecule has 0 aliphatic heterocycles. The van der Waals surface area contributed by atoms with Crippen molar-refractivity contribution in [3.63, 3.8) is 0 Å². The summed E-state index contributed by atoms with van der Waals surface area (Å²) in [5.74, 6) is -0.688. The lowest BCUT2D eigenvalue weighted by Crippen LogP contribution is -2.54. The van der Waals surface area contributed by atoms with Crippen molar-refractivity contribution in [1.82, 2.24) is 10.3 Å². The Balaban J connectivity index is 1.76. The van der Waals surface area contributed by atoms with Crippen LogP contribution >= 0.6 is 0 Å². The number of oxazole rings is 1. The van der Waals surface area contributed by atoms with Crippen molar-refractivity contribution in [2.24, 2.45) is 0 Å². The fourth-order valence-electron chi connectivity index (χ4n) is 3.16. The fraction of sp³-hybridized carbons (Fsp3) is 0.389. The van der Waals surface area contributed by atoms with Gasteiger partial charge in [-0.15, -0.1) is 0 Å². The molecule has 2 aromatic rings. The molecule has 0 atom stereocenters. The molecule has 1 aromatic carbocycles. The van der Waals surface area contributed by atoms with Gasteiger partial charge in [0.05, 0.1) is 6.20 Å². The van der Waals surface area contributed by atoms with Gasteiger partial charge < -0.3 is 14.8 Å². The number of aromatic nitrogens is 1. The highest BCUT2D eigenvalue weighted by molar-refractivity contribution is 5.98. The number of carboxylic acids is 1. The lowest BCUT2D eigenvalue weighted by atomic mass is 9.89. The second kappa shape index (κ2) is 6.86. The largest absolute Gasteiger partial charge is 0.480 e. The van der Waals surface area contributed by atoms with E-state index >= 15 is 0 Å². The minimum absolute atomic E-state index is 0.358. The van der Waals surface area contributed by atoms with E-state index in [4.69, 9.17) is 4.42 Å². The van der Waals surface area contributed by atoms with E-state index < -0.39 is 11.5 Å². The predicted molar refractivity (Wildman–Crippen MR) is 87.5 cm³/mol. The molecule has 6 nitrogen and oxygen atoms in total. The van der Waals surface area contributed by atoms with Gasteiger partial charge in [0.25, 0.3) is 5.91 Å². The Hall–Kier alpha value is -2.63. The van der Waals surface area contributed by atoms with Crippen LogP contribution in [0.3, 0.4) is 0 Å². The molecule has 1 heterocycles. The van der Waals surface area contributed by atoms with Crippen LogP contribution in [0, 0.1) is 0 Å². The van der Waals surface area contributed by atoms with Gasteiger partial charge in [-0.05, 0) is 25.0 Å². The first-order valence-corrected chi connectivity index (χ1v) is 8.16. The number of nitrogens with zero attached hydrogens (tertiary/aromatic N) is 1. The molecule has 3 rings (SSSR count). The Labute approximate surface area is 139 Å². The Morgan fingerprint density at radius 2 is 1.75 bits per heavy atom. The van der Waals surface area contributed by atoms with Gasteiger partial charge in [-0.3, -0.25) is 4.79 Å². The topological polar surface area (TPSA) is 92.4 Å². The van der Waals surface area contributed by atoms with E-state index in [-0.39, 0.29) is 5.91 Å². The van der Waals surface area contributed by atoms with E-state index in [1.54, 1.807) is 30.5 Å². The number of carbonyl (C=O) groups is 2. The van der Waals surface area contributed by atoms with Gasteiger partial charge >= 0.3 is 5.97 Å². The summed E-state index contributed by atoms with van der Waals surface area (Å²) in [5, 5.41) is 12.4. The van der Waals surface area contributed by atoms with Gasteiger partial charge in [0, 0.05) is 11.1 Å². The third kappa shape index (κ3) is 3.32. The zero-order valence-corrected chi connectivity index (χ0v) is 13.3. The van der Waals surface area contributed by atoms with E-state index in [1.165, 1.54) is 6.39 Å². The summed E-state index contributed by atoms with van der Waals surface area (Å²) in [7, 11) is 0. The molecule has 0 unspecified atom stereocenters. The van der Waals surface area contributed by atoms with Crippen LogP contribution in [0.25, 0.3) is 11.3 Å². The summed E-state index contributed by atoms with van der Waals surface area (Å²) < 4.78 is 5.21. The molecule has 1 fully saturated rings.